The molecule has 0 fully saturated rings. The molecule has 0 heterocycles. The van der Waals surface area contributed by atoms with Crippen molar-refractivity contribution in [3.8, 4) is 0 Å². The molecule has 0 saturated carbocycles. The molecule has 2 rings (SSSR count). The van der Waals surface area contributed by atoms with Gasteiger partial charge in [0.15, 0.2) is 0 Å². The molecule has 0 atom stereocenters. The lowest BCUT2D eigenvalue weighted by molar-refractivity contribution is -0.115. The molecule has 0 aliphatic heterocycles. The Kier molecular flexibility index (Phi) is 6.45. The molecule has 0 aliphatic rings. The summed E-state index contributed by atoms with van der Waals surface area (Å²) in [5.41, 5.74) is 1.34. The van der Waals surface area contributed by atoms with Crippen LogP contribution in [0.2, 0.25) is 0 Å². The van der Waals surface area contributed by atoms with Gasteiger partial charge in [-0.1, -0.05) is 24.3 Å². The molecule has 0 aromatic heterocycles. The number of halogens is 1. The van der Waals surface area contributed by atoms with Crippen LogP contribution in [0.15, 0.2) is 48.5 Å². The number of carbonyl (C=O) groups is 2. The highest BCUT2D eigenvalue weighted by Gasteiger charge is 2.13. The fraction of sp³-hybridized carbons (Fsp3) is 0.222. The van der Waals surface area contributed by atoms with Crippen LogP contribution in [0.4, 0.5) is 10.1 Å². The zero-order valence-electron chi connectivity index (χ0n) is 13.3. The lowest BCUT2D eigenvalue weighted by Crippen LogP contribution is -2.28. The molecule has 2 N–H and O–H groups in total. The highest BCUT2D eigenvalue weighted by atomic mass is 19.1. The fourth-order valence-electron chi connectivity index (χ4n) is 2.18. The average molecular weight is 330 g/mol. The molecule has 0 aliphatic carbocycles. The third kappa shape index (κ3) is 5.17. The molecule has 2 aromatic rings. The number of carbonyl (C=O) groups excluding carboxylic acids is 2. The summed E-state index contributed by atoms with van der Waals surface area (Å²) in [6, 6.07) is 12.6. The van der Waals surface area contributed by atoms with E-state index in [1.54, 1.807) is 43.5 Å². The van der Waals surface area contributed by atoms with Gasteiger partial charge in [-0.15, -0.1) is 0 Å². The van der Waals surface area contributed by atoms with Crippen LogP contribution in [0.25, 0.3) is 0 Å². The van der Waals surface area contributed by atoms with E-state index in [0.29, 0.717) is 30.0 Å². The number of anilines is 1. The molecule has 0 spiro atoms. The maximum atomic E-state index is 13.2. The number of hydrogen-bond acceptors (Lipinski definition) is 3. The van der Waals surface area contributed by atoms with Crippen LogP contribution in [-0.4, -0.2) is 32.1 Å². The Morgan fingerprint density at radius 1 is 1.12 bits per heavy atom. The summed E-state index contributed by atoms with van der Waals surface area (Å²) in [5.74, 6) is -1.01. The van der Waals surface area contributed by atoms with E-state index in [9.17, 15) is 14.0 Å². The van der Waals surface area contributed by atoms with Gasteiger partial charge in [-0.05, 0) is 29.8 Å². The molecule has 6 heteroatoms. The fourth-order valence-corrected chi connectivity index (χ4v) is 2.18. The Bertz CT molecular complexity index is 719. The Morgan fingerprint density at radius 2 is 1.92 bits per heavy atom. The maximum absolute atomic E-state index is 13.2. The summed E-state index contributed by atoms with van der Waals surface area (Å²) in [7, 11) is 1.55. The summed E-state index contributed by atoms with van der Waals surface area (Å²) in [6.45, 7) is 0.779. The molecule has 0 bridgehead atoms. The molecule has 2 aromatic carbocycles. The average Bonchev–Trinajstić information content (AvgIpc) is 2.55. The minimum Gasteiger partial charge on any atom is -0.383 e. The SMILES string of the molecule is COCCNC(=O)c1ccccc1NC(=O)Cc1cccc(F)c1. The molecule has 0 unspecified atom stereocenters. The smallest absolute Gasteiger partial charge is 0.253 e. The zero-order chi connectivity index (χ0) is 17.4. The van der Waals surface area contributed by atoms with Crippen LogP contribution >= 0.6 is 0 Å². The first-order valence-corrected chi connectivity index (χ1v) is 7.50. The largest absolute Gasteiger partial charge is 0.383 e. The number of hydrogen-bond donors (Lipinski definition) is 2. The number of nitrogens with one attached hydrogen (secondary N) is 2. The van der Waals surface area contributed by atoms with E-state index in [-0.39, 0.29) is 18.2 Å². The Hall–Kier alpha value is -2.73. The van der Waals surface area contributed by atoms with Gasteiger partial charge in [0.2, 0.25) is 5.91 Å². The monoisotopic (exact) mass is 330 g/mol. The summed E-state index contributed by atoms with van der Waals surface area (Å²) in [5, 5.41) is 5.40. The number of methoxy groups -OCH3 is 1. The van der Waals surface area contributed by atoms with E-state index in [4.69, 9.17) is 4.74 Å². The molecule has 126 valence electrons. The first-order chi connectivity index (χ1) is 11.6. The molecule has 5 nitrogen and oxygen atoms in total. The number of para-hydroxylation sites is 1. The Labute approximate surface area is 139 Å². The second-order valence-corrected chi connectivity index (χ2v) is 5.15. The lowest BCUT2D eigenvalue weighted by Gasteiger charge is -2.11. The second kappa shape index (κ2) is 8.79. The second-order valence-electron chi connectivity index (χ2n) is 5.15. The van der Waals surface area contributed by atoms with Crippen LogP contribution in [0.5, 0.6) is 0 Å². The van der Waals surface area contributed by atoms with Gasteiger partial charge >= 0.3 is 0 Å². The van der Waals surface area contributed by atoms with E-state index in [1.165, 1.54) is 12.1 Å². The van der Waals surface area contributed by atoms with E-state index < -0.39 is 5.82 Å². The molecule has 0 radical (unpaired) electrons. The van der Waals surface area contributed by atoms with Gasteiger partial charge in [-0.3, -0.25) is 9.59 Å². The van der Waals surface area contributed by atoms with Crippen LogP contribution in [-0.2, 0) is 16.0 Å². The van der Waals surface area contributed by atoms with Crippen molar-refractivity contribution >= 4 is 17.5 Å². The van der Waals surface area contributed by atoms with Gasteiger partial charge in [0, 0.05) is 13.7 Å². The molecule has 2 amide bonds. The van der Waals surface area contributed by atoms with E-state index in [1.807, 2.05) is 0 Å². The topological polar surface area (TPSA) is 67.4 Å². The Morgan fingerprint density at radius 3 is 2.67 bits per heavy atom. The van der Waals surface area contributed by atoms with E-state index in [0.717, 1.165) is 0 Å². The molecular formula is C18H19FN2O3. The van der Waals surface area contributed by atoms with Gasteiger partial charge < -0.3 is 15.4 Å². The van der Waals surface area contributed by atoms with E-state index >= 15 is 0 Å². The summed E-state index contributed by atoms with van der Waals surface area (Å²) < 4.78 is 18.1. The summed E-state index contributed by atoms with van der Waals surface area (Å²) in [6.07, 6.45) is 0.0252. The Balaban J connectivity index is 2.03. The molecule has 24 heavy (non-hydrogen) atoms. The van der Waals surface area contributed by atoms with Gasteiger partial charge in [-0.2, -0.15) is 0 Å². The van der Waals surface area contributed by atoms with Crippen LogP contribution in [0.3, 0.4) is 0 Å². The van der Waals surface area contributed by atoms with Gasteiger partial charge in [0.25, 0.3) is 5.91 Å². The highest BCUT2D eigenvalue weighted by Crippen LogP contribution is 2.15. The van der Waals surface area contributed by atoms with Crippen molar-refractivity contribution in [2.75, 3.05) is 25.6 Å². The van der Waals surface area contributed by atoms with Gasteiger partial charge in [0.1, 0.15) is 5.82 Å². The van der Waals surface area contributed by atoms with Crippen molar-refractivity contribution in [2.45, 2.75) is 6.42 Å². The van der Waals surface area contributed by atoms with Crippen LogP contribution in [0, 0.1) is 5.82 Å². The zero-order valence-corrected chi connectivity index (χ0v) is 13.3. The minimum absolute atomic E-state index is 0.0252. The molecule has 0 saturated heterocycles. The first-order valence-electron chi connectivity index (χ1n) is 7.50. The lowest BCUT2D eigenvalue weighted by atomic mass is 10.1. The van der Waals surface area contributed by atoms with Crippen molar-refractivity contribution in [1.82, 2.24) is 5.32 Å². The standard InChI is InChI=1S/C18H19FN2O3/c1-24-10-9-20-18(23)15-7-2-3-8-16(15)21-17(22)12-13-5-4-6-14(19)11-13/h2-8,11H,9-10,12H2,1H3,(H,20,23)(H,21,22). The third-order valence-electron chi connectivity index (χ3n) is 3.29. The number of amides is 2. The van der Waals surface area contributed by atoms with Crippen molar-refractivity contribution in [1.29, 1.82) is 0 Å². The first kappa shape index (κ1) is 17.6. The van der Waals surface area contributed by atoms with Crippen LogP contribution in [0.1, 0.15) is 15.9 Å². The number of benzene rings is 2. The third-order valence-corrected chi connectivity index (χ3v) is 3.29. The minimum atomic E-state index is -0.391. The normalized spacial score (nSPS) is 10.2. The predicted octanol–water partition coefficient (Wildman–Crippen LogP) is 2.38. The van der Waals surface area contributed by atoms with E-state index in [2.05, 4.69) is 10.6 Å². The number of rotatable bonds is 7. The summed E-state index contributed by atoms with van der Waals surface area (Å²) in [4.78, 5) is 24.3. The predicted molar refractivity (Wildman–Crippen MR) is 89.4 cm³/mol. The van der Waals surface area contributed by atoms with Crippen molar-refractivity contribution in [2.24, 2.45) is 0 Å². The van der Waals surface area contributed by atoms with Gasteiger partial charge in [0.05, 0.1) is 24.3 Å². The van der Waals surface area contributed by atoms with Crippen molar-refractivity contribution < 1.29 is 18.7 Å². The highest BCUT2D eigenvalue weighted by molar-refractivity contribution is 6.04. The van der Waals surface area contributed by atoms with Gasteiger partial charge in [-0.25, -0.2) is 4.39 Å². The van der Waals surface area contributed by atoms with Crippen molar-refractivity contribution in [3.63, 3.8) is 0 Å². The van der Waals surface area contributed by atoms with Crippen molar-refractivity contribution in [3.05, 3.63) is 65.5 Å². The quantitative estimate of drug-likeness (QED) is 0.766. The van der Waals surface area contributed by atoms with Crippen LogP contribution < -0.4 is 10.6 Å². The molecular weight excluding hydrogens is 311 g/mol. The summed E-state index contributed by atoms with van der Waals surface area (Å²) >= 11 is 0. The maximum Gasteiger partial charge on any atom is 0.253 e. The number of ether oxygens (including phenoxy) is 1.